The van der Waals surface area contributed by atoms with Crippen molar-refractivity contribution in [1.29, 1.82) is 0 Å². The maximum absolute atomic E-state index is 14.0. The molecular formula is C62H55Cl2F2N13O11S3. The third kappa shape index (κ3) is 14.5. The number of piperazine rings is 2. The zero-order valence-electron chi connectivity index (χ0n) is 49.6. The molecule has 4 amide bonds. The molecule has 0 spiro atoms. The molecular weight excluding hydrogens is 1310 g/mol. The number of carboxylic acid groups (broad SMARTS) is 2. The minimum Gasteiger partial charge on any atom is -0.495 e. The monoisotopic (exact) mass is 1360 g/mol. The van der Waals surface area contributed by atoms with E-state index in [0.29, 0.717) is 126 Å². The predicted octanol–water partition coefficient (Wildman–Crippen LogP) is 6.72. The number of rotatable bonds is 15. The summed E-state index contributed by atoms with van der Waals surface area (Å²) in [4.78, 5) is 109. The summed E-state index contributed by atoms with van der Waals surface area (Å²) in [6.07, 6.45) is 4.57. The maximum Gasteiger partial charge on any atom is 0.347 e. The normalized spacial score (nSPS) is 19.6. The number of benzene rings is 3. The predicted molar refractivity (Wildman–Crippen MR) is 341 cm³/mol. The maximum atomic E-state index is 14.0. The summed E-state index contributed by atoms with van der Waals surface area (Å²) >= 11 is 16.7. The molecule has 480 valence electrons. The highest BCUT2D eigenvalue weighted by Gasteiger charge is 2.44. The van der Waals surface area contributed by atoms with Crippen LogP contribution in [0.2, 0.25) is 10.0 Å². The lowest BCUT2D eigenvalue weighted by Crippen LogP contribution is -2.53. The number of amidine groups is 2. The van der Waals surface area contributed by atoms with Gasteiger partial charge in [-0.15, -0.1) is 22.7 Å². The molecule has 6 aromatic rings. The first-order valence-corrected chi connectivity index (χ1v) is 31.9. The van der Waals surface area contributed by atoms with Gasteiger partial charge in [-0.1, -0.05) is 64.4 Å². The average Bonchev–Trinajstić information content (AvgIpc) is 1.78. The Morgan fingerprint density at radius 1 is 0.656 bits per heavy atom. The Hall–Kier alpha value is -9.33. The number of aromatic nitrogens is 3. The molecule has 0 unspecified atom stereocenters. The molecule has 0 bridgehead atoms. The molecule has 6 aliphatic heterocycles. The van der Waals surface area contributed by atoms with Gasteiger partial charge in [-0.25, -0.2) is 52.5 Å². The lowest BCUT2D eigenvalue weighted by atomic mass is 9.95. The van der Waals surface area contributed by atoms with Crippen LogP contribution in [0.15, 0.2) is 116 Å². The molecule has 4 atom stereocenters. The Bertz CT molecular complexity index is 4200. The van der Waals surface area contributed by atoms with Gasteiger partial charge in [0.25, 0.3) is 0 Å². The number of fused-ring (bicyclic) bond motifs is 2. The number of nitrogens with one attached hydrogen (secondary N) is 2. The highest BCUT2D eigenvalue weighted by molar-refractivity contribution is 7.14. The van der Waals surface area contributed by atoms with Gasteiger partial charge in [0.2, 0.25) is 0 Å². The summed E-state index contributed by atoms with van der Waals surface area (Å²) < 4.78 is 43.6. The van der Waals surface area contributed by atoms with E-state index in [0.717, 1.165) is 11.3 Å². The van der Waals surface area contributed by atoms with Crippen molar-refractivity contribution in [2.75, 3.05) is 99.9 Å². The number of hydrogen-bond acceptors (Lipinski definition) is 21. The molecule has 12 rings (SSSR count). The summed E-state index contributed by atoms with van der Waals surface area (Å²) in [5.41, 5.74) is 3.12. The second-order valence-corrected chi connectivity index (χ2v) is 25.1. The van der Waals surface area contributed by atoms with Gasteiger partial charge in [-0.2, -0.15) is 0 Å². The molecule has 4 saturated heterocycles. The van der Waals surface area contributed by atoms with Crippen LogP contribution in [0.4, 0.5) is 18.4 Å². The van der Waals surface area contributed by atoms with Gasteiger partial charge in [0, 0.05) is 121 Å². The standard InChI is InChI=1S/C33H30ClFN6O6S.C29H25ClFN7O5S2/c1-46-26-14-20(31(42)43)6-5-19(26)4-3-10-40-17-22-16-39(11-12-41(22)33(40)45)18-25-27(32(44)47-2)28(23-8-7-21(35)15-24(23)34)38-29(37-25)30-36-9-13-48-30;1-43-28(41)23-20(34-25(26-32-6-10-44-26)35-24(23)18-5-4-16(31)11-19(18)30)15-36-8-9-38-17(13-36)14-37(29(38)42)7-2-3-22-33-12-21(45-22)27(39)40/h5-9,13-15,22,28H,10-12,16-18H2,1-2H3,(H,37,38)(H,42,43);4-6,10-12,17,24H,7-9,13-15H2,1H3,(H,34,35)(H,39,40)/t22-,28-;17-,24-/m00/s1. The van der Waals surface area contributed by atoms with Crippen LogP contribution in [0.1, 0.15) is 63.8 Å². The van der Waals surface area contributed by atoms with Gasteiger partial charge in [-0.05, 0) is 48.4 Å². The summed E-state index contributed by atoms with van der Waals surface area (Å²) in [7, 11) is 4.02. The van der Waals surface area contributed by atoms with Crippen molar-refractivity contribution in [1.82, 2.24) is 55.0 Å². The molecule has 93 heavy (non-hydrogen) atoms. The summed E-state index contributed by atoms with van der Waals surface area (Å²) in [5.74, 6) is 8.69. The number of aromatic carboxylic acids is 2. The fraction of sp³-hybridized carbons (Fsp3) is 0.306. The van der Waals surface area contributed by atoms with Gasteiger partial charge in [0.05, 0.1) is 75.0 Å². The highest BCUT2D eigenvalue weighted by Crippen LogP contribution is 2.39. The van der Waals surface area contributed by atoms with Crippen molar-refractivity contribution in [3.05, 3.63) is 170 Å². The lowest BCUT2D eigenvalue weighted by molar-refractivity contribution is -0.137. The molecule has 3 aromatic carbocycles. The molecule has 0 aliphatic carbocycles. The fourth-order valence-corrected chi connectivity index (χ4v) is 13.8. The molecule has 9 heterocycles. The van der Waals surface area contributed by atoms with Crippen molar-refractivity contribution in [3.63, 3.8) is 0 Å². The van der Waals surface area contributed by atoms with Crippen LogP contribution in [-0.2, 0) is 19.1 Å². The number of amides is 4. The second-order valence-electron chi connectivity index (χ2n) is 21.4. The fourth-order valence-electron chi connectivity index (χ4n) is 11.4. The Labute approximate surface area is 552 Å². The number of carbonyl (C=O) groups is 6. The smallest absolute Gasteiger partial charge is 0.347 e. The minimum atomic E-state index is -1.07. The number of ether oxygens (including phenoxy) is 3. The van der Waals surface area contributed by atoms with E-state index in [-0.39, 0.29) is 68.9 Å². The van der Waals surface area contributed by atoms with Gasteiger partial charge in [0.15, 0.2) is 26.7 Å². The first kappa shape index (κ1) is 65.2. The number of hydrogen-bond donors (Lipinski definition) is 4. The van der Waals surface area contributed by atoms with Crippen LogP contribution in [0, 0.1) is 35.3 Å². The van der Waals surface area contributed by atoms with Gasteiger partial charge < -0.3 is 54.7 Å². The minimum absolute atomic E-state index is 0.0907. The highest BCUT2D eigenvalue weighted by atomic mass is 35.5. The average molecular weight is 1360 g/mol. The quantitative estimate of drug-likeness (QED) is 0.0613. The van der Waals surface area contributed by atoms with Gasteiger partial charge in [-0.3, -0.25) is 19.8 Å². The molecule has 0 radical (unpaired) electrons. The number of carbonyl (C=O) groups excluding carboxylic acids is 4. The third-order valence-electron chi connectivity index (χ3n) is 15.8. The van der Waals surface area contributed by atoms with E-state index in [1.807, 2.05) is 20.6 Å². The van der Waals surface area contributed by atoms with Crippen molar-refractivity contribution in [2.45, 2.75) is 24.2 Å². The molecule has 0 saturated carbocycles. The van der Waals surface area contributed by atoms with Crippen LogP contribution in [-0.4, -0.2) is 214 Å². The number of urea groups is 2. The van der Waals surface area contributed by atoms with Crippen LogP contribution in [0.5, 0.6) is 5.75 Å². The van der Waals surface area contributed by atoms with Crippen molar-refractivity contribution in [3.8, 4) is 29.4 Å². The van der Waals surface area contributed by atoms with Crippen LogP contribution in [0.3, 0.4) is 0 Å². The van der Waals surface area contributed by atoms with Crippen molar-refractivity contribution < 1.29 is 62.0 Å². The molecule has 3 aromatic heterocycles. The second kappa shape index (κ2) is 28.7. The van der Waals surface area contributed by atoms with Crippen molar-refractivity contribution >= 4 is 105 Å². The SMILES string of the molecule is COC(=O)C1=C(CN2CCN3C(=O)N(CC#Cc4ccc(C(=O)O)cc4OC)C[C@@H]3C2)NC(c2nccs2)=N[C@H]1c1ccc(F)cc1Cl.COC(=O)C1=C(CN2CCN3C(=O)N(CC#Cc4ncc(C(=O)O)s4)C[C@@H]3C2)NC(c2nccs2)=N[C@H]1c1ccc(F)cc1Cl. The number of thiazole rings is 3. The van der Waals surface area contributed by atoms with E-state index in [9.17, 15) is 42.7 Å². The molecule has 6 aliphatic rings. The third-order valence-corrected chi connectivity index (χ3v) is 18.9. The Morgan fingerprint density at radius 3 is 1.59 bits per heavy atom. The van der Waals surface area contributed by atoms with Gasteiger partial charge in [0.1, 0.15) is 34.3 Å². The number of aliphatic imine (C=N–C) groups is 2. The topological polar surface area (TPSA) is 277 Å². The zero-order valence-corrected chi connectivity index (χ0v) is 53.6. The zero-order chi connectivity index (χ0) is 65.6. The van der Waals surface area contributed by atoms with Crippen LogP contribution >= 0.6 is 57.2 Å². The first-order valence-electron chi connectivity index (χ1n) is 28.5. The number of methoxy groups -OCH3 is 3. The number of halogens is 4. The first-order chi connectivity index (χ1) is 44.9. The summed E-state index contributed by atoms with van der Waals surface area (Å²) in [6, 6.07) is 10.2. The molecule has 24 nitrogen and oxygen atoms in total. The van der Waals surface area contributed by atoms with Crippen LogP contribution in [0.25, 0.3) is 0 Å². The van der Waals surface area contributed by atoms with E-state index in [1.165, 1.54) is 98.7 Å². The lowest BCUT2D eigenvalue weighted by Gasteiger charge is -2.38. The number of esters is 2. The van der Waals surface area contributed by atoms with E-state index in [4.69, 9.17) is 52.5 Å². The largest absolute Gasteiger partial charge is 0.495 e. The number of carboxylic acids is 2. The van der Waals surface area contributed by atoms with Gasteiger partial charge >= 0.3 is 35.9 Å². The summed E-state index contributed by atoms with van der Waals surface area (Å²) in [5, 5.41) is 30.4. The summed E-state index contributed by atoms with van der Waals surface area (Å²) in [6.45, 7) is 5.01. The number of nitrogens with zero attached hydrogens (tertiary/aromatic N) is 11. The Kier molecular flexibility index (Phi) is 20.1. The Morgan fingerprint density at radius 2 is 1.16 bits per heavy atom. The van der Waals surface area contributed by atoms with Crippen LogP contribution < -0.4 is 15.4 Å². The molecule has 4 fully saturated rings. The van der Waals surface area contributed by atoms with Crippen molar-refractivity contribution in [2.24, 2.45) is 9.98 Å². The van der Waals surface area contributed by atoms with E-state index in [2.05, 4.69) is 59.1 Å². The van der Waals surface area contributed by atoms with E-state index < -0.39 is 47.6 Å². The van der Waals surface area contributed by atoms with E-state index in [1.54, 1.807) is 28.3 Å². The Balaban J connectivity index is 0.000000191. The molecule has 31 heteroatoms. The molecule has 4 N–H and O–H groups in total. The van der Waals surface area contributed by atoms with E-state index >= 15 is 0 Å².